The highest BCUT2D eigenvalue weighted by molar-refractivity contribution is 5.87. The molecule has 8 heteroatoms. The number of halogens is 2. The zero-order valence-corrected chi connectivity index (χ0v) is 20.0. The van der Waals surface area contributed by atoms with Crippen molar-refractivity contribution in [3.05, 3.63) is 52.6 Å². The predicted molar refractivity (Wildman–Crippen MR) is 126 cm³/mol. The number of carboxylic acids is 1. The first-order valence-electron chi connectivity index (χ1n) is 12.0. The van der Waals surface area contributed by atoms with Crippen LogP contribution in [0.5, 0.6) is 0 Å². The molecule has 3 atom stereocenters. The third kappa shape index (κ3) is 6.30. The van der Waals surface area contributed by atoms with Gasteiger partial charge in [-0.1, -0.05) is 19.9 Å². The molecule has 0 saturated carbocycles. The van der Waals surface area contributed by atoms with Gasteiger partial charge in [0.15, 0.2) is 0 Å². The van der Waals surface area contributed by atoms with E-state index in [1.807, 2.05) is 19.9 Å². The zero-order chi connectivity index (χ0) is 24.8. The topological polar surface area (TPSA) is 87.7 Å². The highest BCUT2D eigenvalue weighted by Crippen LogP contribution is 2.31. The van der Waals surface area contributed by atoms with Gasteiger partial charge in [0.05, 0.1) is 18.2 Å². The Hall–Kier alpha value is -2.58. The molecule has 0 aliphatic heterocycles. The second kappa shape index (κ2) is 11.7. The number of carboxylic acid groups (broad SMARTS) is 1. The maximum atomic E-state index is 14.9. The molecular formula is C26H34F2N2O4. The molecule has 6 nitrogen and oxygen atoms in total. The van der Waals surface area contributed by atoms with Gasteiger partial charge in [-0.05, 0) is 62.3 Å². The normalized spacial score (nSPS) is 22.5. The van der Waals surface area contributed by atoms with Crippen molar-refractivity contribution in [1.82, 2.24) is 10.6 Å². The van der Waals surface area contributed by atoms with E-state index in [2.05, 4.69) is 10.6 Å². The summed E-state index contributed by atoms with van der Waals surface area (Å²) in [6.45, 7) is 5.32. The fourth-order valence-corrected chi connectivity index (χ4v) is 4.69. The Balaban J connectivity index is 1.83. The number of rotatable bonds is 10. The number of carbonyl (C=O) groups excluding carboxylic acids is 1. The molecule has 2 aliphatic carbocycles. The smallest absolute Gasteiger partial charge is 0.331 e. The van der Waals surface area contributed by atoms with Crippen molar-refractivity contribution < 1.29 is 28.2 Å². The minimum atomic E-state index is -1.07. The molecule has 0 spiro atoms. The Morgan fingerprint density at radius 2 is 1.94 bits per heavy atom. The number of amides is 1. The second-order valence-corrected chi connectivity index (χ2v) is 9.00. The number of hydrogen-bond donors (Lipinski definition) is 3. The number of benzene rings is 1. The minimum absolute atomic E-state index is 0.0204. The molecule has 1 aromatic rings. The summed E-state index contributed by atoms with van der Waals surface area (Å²) in [7, 11) is 0. The molecule has 2 aliphatic rings. The van der Waals surface area contributed by atoms with Crippen LogP contribution in [0.4, 0.5) is 8.78 Å². The Morgan fingerprint density at radius 1 is 1.21 bits per heavy atom. The second-order valence-electron chi connectivity index (χ2n) is 9.00. The van der Waals surface area contributed by atoms with E-state index < -0.39 is 35.8 Å². The Kier molecular flexibility index (Phi) is 8.97. The molecule has 0 heterocycles. The maximum absolute atomic E-state index is 14.9. The Labute approximate surface area is 199 Å². The van der Waals surface area contributed by atoms with Crippen molar-refractivity contribution in [3.63, 3.8) is 0 Å². The molecule has 3 rings (SSSR count). The molecule has 186 valence electrons. The van der Waals surface area contributed by atoms with Crippen LogP contribution in [0.3, 0.4) is 0 Å². The number of hydrogen-bond acceptors (Lipinski definition) is 4. The molecule has 34 heavy (non-hydrogen) atoms. The highest BCUT2D eigenvalue weighted by Gasteiger charge is 2.37. The fourth-order valence-electron chi connectivity index (χ4n) is 4.69. The highest BCUT2D eigenvalue weighted by atomic mass is 19.1. The van der Waals surface area contributed by atoms with Crippen LogP contribution >= 0.6 is 0 Å². The number of ether oxygens (including phenoxy) is 1. The van der Waals surface area contributed by atoms with Gasteiger partial charge in [-0.25, -0.2) is 13.6 Å². The fraction of sp³-hybridized carbons (Fsp3) is 0.538. The van der Waals surface area contributed by atoms with Crippen LogP contribution in [0.1, 0.15) is 70.4 Å². The first-order chi connectivity index (χ1) is 16.2. The van der Waals surface area contributed by atoms with Crippen LogP contribution in [-0.2, 0) is 20.9 Å². The van der Waals surface area contributed by atoms with Gasteiger partial charge in [0.25, 0.3) is 0 Å². The summed E-state index contributed by atoms with van der Waals surface area (Å²) in [4.78, 5) is 23.7. The van der Waals surface area contributed by atoms with E-state index in [1.165, 1.54) is 19.1 Å². The largest absolute Gasteiger partial charge is 0.478 e. The number of nitrogens with one attached hydrogen (secondary N) is 2. The van der Waals surface area contributed by atoms with Crippen LogP contribution in [-0.4, -0.2) is 41.3 Å². The van der Waals surface area contributed by atoms with Gasteiger partial charge >= 0.3 is 5.97 Å². The van der Waals surface area contributed by atoms with E-state index in [4.69, 9.17) is 4.74 Å². The van der Waals surface area contributed by atoms with Gasteiger partial charge in [0, 0.05) is 36.2 Å². The predicted octanol–water partition coefficient (Wildman–Crippen LogP) is 4.48. The van der Waals surface area contributed by atoms with Crippen molar-refractivity contribution in [2.24, 2.45) is 0 Å². The lowest BCUT2D eigenvalue weighted by Crippen LogP contribution is -2.58. The van der Waals surface area contributed by atoms with Gasteiger partial charge in [0.1, 0.15) is 11.6 Å². The molecule has 1 amide bonds. The lowest BCUT2D eigenvalue weighted by molar-refractivity contribution is -0.133. The molecule has 1 aromatic carbocycles. The Bertz CT molecular complexity index is 972. The molecule has 0 fully saturated rings. The molecule has 0 unspecified atom stereocenters. The standard InChI is InChI=1S/C26H34F2N2O4/c1-4-19(5-2)34-24-12-17(26(32)33)11-23(25(24)30-15(3)31)29-14-18-10-22(28)20(13-21(18)27)16-8-6-7-9-16/h8,10,12-13,19,23-25,29H,4-7,9,11,14H2,1-3H3,(H,30,31)(H,32,33)/t23-,24+,25+/m0/s1. The van der Waals surface area contributed by atoms with Gasteiger partial charge in [-0.15, -0.1) is 0 Å². The average molecular weight is 477 g/mol. The van der Waals surface area contributed by atoms with Crippen molar-refractivity contribution in [3.8, 4) is 0 Å². The van der Waals surface area contributed by atoms with E-state index in [0.717, 1.165) is 37.7 Å². The van der Waals surface area contributed by atoms with E-state index in [9.17, 15) is 23.5 Å². The summed E-state index contributed by atoms with van der Waals surface area (Å²) < 4.78 is 35.8. The summed E-state index contributed by atoms with van der Waals surface area (Å²) in [5, 5.41) is 15.7. The monoisotopic (exact) mass is 476 g/mol. The number of allylic oxidation sites excluding steroid dienone is 2. The maximum Gasteiger partial charge on any atom is 0.331 e. The van der Waals surface area contributed by atoms with Gasteiger partial charge in [-0.2, -0.15) is 0 Å². The van der Waals surface area contributed by atoms with Crippen LogP contribution in [0.15, 0.2) is 29.9 Å². The molecular weight excluding hydrogens is 442 g/mol. The van der Waals surface area contributed by atoms with E-state index >= 15 is 0 Å². The van der Waals surface area contributed by atoms with Crippen LogP contribution < -0.4 is 10.6 Å². The summed E-state index contributed by atoms with van der Waals surface area (Å²) in [6.07, 6.45) is 6.84. The SMILES string of the molecule is CCC(CC)O[C@@H]1C=C(C(=O)O)C[C@H](NCc2cc(F)c(C3=CCCC3)cc2F)[C@H]1NC(C)=O. The first kappa shape index (κ1) is 26.0. The van der Waals surface area contributed by atoms with Crippen LogP contribution in [0.25, 0.3) is 5.57 Å². The van der Waals surface area contributed by atoms with Crippen LogP contribution in [0.2, 0.25) is 0 Å². The quantitative estimate of drug-likeness (QED) is 0.463. The van der Waals surface area contributed by atoms with E-state index in [1.54, 1.807) is 6.08 Å². The third-order valence-corrected chi connectivity index (χ3v) is 6.58. The summed E-state index contributed by atoms with van der Waals surface area (Å²) >= 11 is 0. The van der Waals surface area contributed by atoms with E-state index in [-0.39, 0.29) is 36.1 Å². The first-order valence-corrected chi connectivity index (χ1v) is 12.0. The van der Waals surface area contributed by atoms with Gasteiger partial charge in [-0.3, -0.25) is 4.79 Å². The minimum Gasteiger partial charge on any atom is -0.478 e. The molecule has 0 bridgehead atoms. The van der Waals surface area contributed by atoms with Gasteiger partial charge in [0.2, 0.25) is 5.91 Å². The molecule has 0 radical (unpaired) electrons. The molecule has 0 aromatic heterocycles. The zero-order valence-electron chi connectivity index (χ0n) is 20.0. The third-order valence-electron chi connectivity index (χ3n) is 6.58. The van der Waals surface area contributed by atoms with Crippen molar-refractivity contribution >= 4 is 17.4 Å². The van der Waals surface area contributed by atoms with E-state index in [0.29, 0.717) is 5.56 Å². The van der Waals surface area contributed by atoms with Crippen molar-refractivity contribution in [2.45, 2.75) is 90.1 Å². The Morgan fingerprint density at radius 3 is 2.53 bits per heavy atom. The molecule has 3 N–H and O–H groups in total. The van der Waals surface area contributed by atoms with Gasteiger partial charge < -0.3 is 20.5 Å². The number of carbonyl (C=O) groups is 2. The van der Waals surface area contributed by atoms with Crippen molar-refractivity contribution in [2.75, 3.05) is 0 Å². The number of aliphatic carboxylic acids is 1. The summed E-state index contributed by atoms with van der Waals surface area (Å²) in [6, 6.07) is 1.33. The van der Waals surface area contributed by atoms with Crippen molar-refractivity contribution in [1.29, 1.82) is 0 Å². The summed E-state index contributed by atoms with van der Waals surface area (Å²) in [5.74, 6) is -2.36. The summed E-state index contributed by atoms with van der Waals surface area (Å²) in [5.41, 5.74) is 1.42. The lowest BCUT2D eigenvalue weighted by atomic mass is 9.87. The average Bonchev–Trinajstić information content (AvgIpc) is 3.33. The lowest BCUT2D eigenvalue weighted by Gasteiger charge is -2.38. The molecule has 0 saturated heterocycles. The van der Waals surface area contributed by atoms with Crippen LogP contribution in [0, 0.1) is 11.6 Å².